The van der Waals surface area contributed by atoms with Crippen LogP contribution < -0.4 is 5.32 Å². The van der Waals surface area contributed by atoms with Gasteiger partial charge in [0.2, 0.25) is 0 Å². The second-order valence-electron chi connectivity index (χ2n) is 6.30. The molecule has 0 saturated carbocycles. The first-order valence-electron chi connectivity index (χ1n) is 8.51. The first-order chi connectivity index (χ1) is 11.7. The lowest BCUT2D eigenvalue weighted by Gasteiger charge is -2.31. The lowest BCUT2D eigenvalue weighted by molar-refractivity contribution is 0.160. The van der Waals surface area contributed by atoms with Crippen molar-refractivity contribution in [2.24, 2.45) is 0 Å². The molecule has 1 unspecified atom stereocenters. The maximum Gasteiger partial charge on any atom is 0.127 e. The second kappa shape index (κ2) is 8.31. The van der Waals surface area contributed by atoms with Gasteiger partial charge in [-0.15, -0.1) is 0 Å². The Morgan fingerprint density at radius 2 is 2.00 bits per heavy atom. The van der Waals surface area contributed by atoms with Crippen LogP contribution in [0.25, 0.3) is 0 Å². The van der Waals surface area contributed by atoms with Gasteiger partial charge in [0.15, 0.2) is 0 Å². The average Bonchev–Trinajstić information content (AvgIpc) is 2.88. The molecule has 1 saturated heterocycles. The minimum absolute atomic E-state index is 0.338. The van der Waals surface area contributed by atoms with Crippen molar-refractivity contribution in [3.8, 4) is 0 Å². The third kappa shape index (κ3) is 4.58. The molecule has 1 aromatic carbocycles. The van der Waals surface area contributed by atoms with Crippen molar-refractivity contribution in [3.63, 3.8) is 0 Å². The lowest BCUT2D eigenvalue weighted by Crippen LogP contribution is -2.35. The van der Waals surface area contributed by atoms with Gasteiger partial charge in [-0.2, -0.15) is 0 Å². The summed E-state index contributed by atoms with van der Waals surface area (Å²) in [5.74, 6) is -0.749. The summed E-state index contributed by atoms with van der Waals surface area (Å²) in [5.41, 5.74) is 1.36. The normalized spacial score (nSPS) is 18.5. The van der Waals surface area contributed by atoms with E-state index in [-0.39, 0.29) is 5.82 Å². The zero-order valence-electron chi connectivity index (χ0n) is 13.7. The number of rotatable bonds is 5. The van der Waals surface area contributed by atoms with Crippen molar-refractivity contribution in [2.45, 2.75) is 38.4 Å². The monoisotopic (exact) mass is 331 g/mol. The maximum absolute atomic E-state index is 14.1. The highest BCUT2D eigenvalue weighted by Crippen LogP contribution is 2.21. The zero-order valence-corrected chi connectivity index (χ0v) is 13.7. The summed E-state index contributed by atoms with van der Waals surface area (Å²) in [6.45, 7) is 3.00. The van der Waals surface area contributed by atoms with Gasteiger partial charge in [0.05, 0.1) is 5.69 Å². The molecule has 1 N–H and O–H groups in total. The van der Waals surface area contributed by atoms with Gasteiger partial charge in [0.25, 0.3) is 0 Å². The zero-order chi connectivity index (χ0) is 16.8. The summed E-state index contributed by atoms with van der Waals surface area (Å²) < 4.78 is 27.6. The van der Waals surface area contributed by atoms with Gasteiger partial charge in [-0.3, -0.25) is 9.88 Å². The molecule has 0 bridgehead atoms. The molecule has 1 aliphatic rings. The summed E-state index contributed by atoms with van der Waals surface area (Å²) >= 11 is 0. The predicted octanol–water partition coefficient (Wildman–Crippen LogP) is 3.50. The Morgan fingerprint density at radius 3 is 2.83 bits per heavy atom. The molecule has 1 atom stereocenters. The van der Waals surface area contributed by atoms with E-state index in [9.17, 15) is 8.78 Å². The topological polar surface area (TPSA) is 28.2 Å². The van der Waals surface area contributed by atoms with E-state index < -0.39 is 5.82 Å². The Kier molecular flexibility index (Phi) is 5.88. The highest BCUT2D eigenvalue weighted by Gasteiger charge is 2.22. The summed E-state index contributed by atoms with van der Waals surface area (Å²) in [4.78, 5) is 6.62. The van der Waals surface area contributed by atoms with E-state index in [1.165, 1.54) is 12.1 Å². The Hall–Kier alpha value is -1.85. The highest BCUT2D eigenvalue weighted by molar-refractivity contribution is 5.19. The van der Waals surface area contributed by atoms with Crippen molar-refractivity contribution in [1.29, 1.82) is 0 Å². The van der Waals surface area contributed by atoms with E-state index in [0.717, 1.165) is 44.1 Å². The SMILES string of the molecule is Fc1ccc(F)c(CN(Cc2ccccn2)C2CCCNCC2)c1. The van der Waals surface area contributed by atoms with Gasteiger partial charge >= 0.3 is 0 Å². The molecule has 2 heterocycles. The largest absolute Gasteiger partial charge is 0.317 e. The summed E-state index contributed by atoms with van der Waals surface area (Å²) in [7, 11) is 0. The van der Waals surface area contributed by atoms with Crippen LogP contribution in [0.15, 0.2) is 42.6 Å². The van der Waals surface area contributed by atoms with Crippen LogP contribution in [0, 0.1) is 11.6 Å². The van der Waals surface area contributed by atoms with Crippen LogP contribution >= 0.6 is 0 Å². The first-order valence-corrected chi connectivity index (χ1v) is 8.51. The smallest absolute Gasteiger partial charge is 0.127 e. The third-order valence-electron chi connectivity index (χ3n) is 4.53. The van der Waals surface area contributed by atoms with Crippen LogP contribution in [0.3, 0.4) is 0 Å². The molecule has 0 amide bonds. The van der Waals surface area contributed by atoms with Gasteiger partial charge in [-0.1, -0.05) is 6.07 Å². The second-order valence-corrected chi connectivity index (χ2v) is 6.30. The number of hydrogen-bond donors (Lipinski definition) is 1. The van der Waals surface area contributed by atoms with E-state index in [2.05, 4.69) is 15.2 Å². The van der Waals surface area contributed by atoms with Gasteiger partial charge in [-0.25, -0.2) is 8.78 Å². The number of halogens is 2. The van der Waals surface area contributed by atoms with Gasteiger partial charge < -0.3 is 5.32 Å². The Bertz CT molecular complexity index is 640. The third-order valence-corrected chi connectivity index (χ3v) is 4.53. The van der Waals surface area contributed by atoms with Gasteiger partial charge in [-0.05, 0) is 62.7 Å². The Balaban J connectivity index is 1.81. The van der Waals surface area contributed by atoms with Crippen molar-refractivity contribution < 1.29 is 8.78 Å². The highest BCUT2D eigenvalue weighted by atomic mass is 19.1. The number of hydrogen-bond acceptors (Lipinski definition) is 3. The fourth-order valence-corrected chi connectivity index (χ4v) is 3.26. The van der Waals surface area contributed by atoms with E-state index in [1.807, 2.05) is 18.2 Å². The van der Waals surface area contributed by atoms with Crippen molar-refractivity contribution in [1.82, 2.24) is 15.2 Å². The van der Waals surface area contributed by atoms with Gasteiger partial charge in [0.1, 0.15) is 11.6 Å². The molecular weight excluding hydrogens is 308 g/mol. The van der Waals surface area contributed by atoms with E-state index in [4.69, 9.17) is 0 Å². The van der Waals surface area contributed by atoms with E-state index in [0.29, 0.717) is 24.7 Å². The van der Waals surface area contributed by atoms with Crippen LogP contribution in [-0.4, -0.2) is 29.0 Å². The van der Waals surface area contributed by atoms with Crippen molar-refractivity contribution >= 4 is 0 Å². The molecule has 128 valence electrons. The van der Waals surface area contributed by atoms with E-state index >= 15 is 0 Å². The molecule has 3 rings (SSSR count). The fraction of sp³-hybridized carbons (Fsp3) is 0.421. The predicted molar refractivity (Wildman–Crippen MR) is 90.4 cm³/mol. The number of pyridine rings is 1. The number of nitrogens with zero attached hydrogens (tertiary/aromatic N) is 2. The molecule has 5 heteroatoms. The summed E-state index contributed by atoms with van der Waals surface area (Å²) in [6.07, 6.45) is 4.92. The molecule has 1 aromatic heterocycles. The minimum atomic E-state index is -0.397. The van der Waals surface area contributed by atoms with Crippen LogP contribution in [0.1, 0.15) is 30.5 Å². The molecule has 24 heavy (non-hydrogen) atoms. The summed E-state index contributed by atoms with van der Waals surface area (Å²) in [6, 6.07) is 9.83. The number of nitrogens with one attached hydrogen (secondary N) is 1. The molecule has 0 radical (unpaired) electrons. The van der Waals surface area contributed by atoms with Crippen molar-refractivity contribution in [2.75, 3.05) is 13.1 Å². The standard InChI is InChI=1S/C19H23F2N3/c20-16-6-7-19(21)15(12-16)13-24(14-17-4-1-2-10-23-17)18-5-3-9-22-11-8-18/h1-2,4,6-7,10,12,18,22H,3,5,8-9,11,13-14H2. The Labute approximate surface area is 141 Å². The van der Waals surface area contributed by atoms with Crippen LogP contribution in [0.5, 0.6) is 0 Å². The Morgan fingerprint density at radius 1 is 1.08 bits per heavy atom. The van der Waals surface area contributed by atoms with Gasteiger partial charge in [0, 0.05) is 30.9 Å². The van der Waals surface area contributed by atoms with Crippen molar-refractivity contribution in [3.05, 3.63) is 65.5 Å². The first kappa shape index (κ1) is 17.0. The van der Waals surface area contributed by atoms with Crippen LogP contribution in [0.2, 0.25) is 0 Å². The molecule has 3 nitrogen and oxygen atoms in total. The molecule has 1 aliphatic heterocycles. The maximum atomic E-state index is 14.1. The number of aromatic nitrogens is 1. The average molecular weight is 331 g/mol. The fourth-order valence-electron chi connectivity index (χ4n) is 3.26. The van der Waals surface area contributed by atoms with E-state index in [1.54, 1.807) is 6.20 Å². The van der Waals surface area contributed by atoms with Crippen LogP contribution in [-0.2, 0) is 13.1 Å². The lowest BCUT2D eigenvalue weighted by atomic mass is 10.1. The molecular formula is C19H23F2N3. The molecule has 2 aromatic rings. The minimum Gasteiger partial charge on any atom is -0.317 e. The molecule has 0 aliphatic carbocycles. The number of benzene rings is 1. The molecule has 0 spiro atoms. The van der Waals surface area contributed by atoms with Crippen LogP contribution in [0.4, 0.5) is 8.78 Å². The summed E-state index contributed by atoms with van der Waals surface area (Å²) in [5, 5.41) is 3.40. The molecule has 1 fully saturated rings. The quantitative estimate of drug-likeness (QED) is 0.909.